The molecule has 3 aromatic rings. The molecule has 0 unspecified atom stereocenters. The van der Waals surface area contributed by atoms with E-state index < -0.39 is 0 Å². The molecule has 2 heterocycles. The molecule has 5 heteroatoms. The summed E-state index contributed by atoms with van der Waals surface area (Å²) in [6.45, 7) is 3.00. The second kappa shape index (κ2) is 5.44. The highest BCUT2D eigenvalue weighted by atomic mass is 16.5. The number of aromatic nitrogens is 3. The van der Waals surface area contributed by atoms with Gasteiger partial charge < -0.3 is 4.74 Å². The number of benzene rings is 1. The molecule has 0 aliphatic heterocycles. The van der Waals surface area contributed by atoms with Gasteiger partial charge in [0.05, 0.1) is 36.1 Å². The van der Waals surface area contributed by atoms with Gasteiger partial charge >= 0.3 is 5.69 Å². The first-order valence-electron chi connectivity index (χ1n) is 6.92. The maximum absolute atomic E-state index is 12.3. The number of hydrogen-bond acceptors (Lipinski definition) is 3. The Bertz CT molecular complexity index is 816. The van der Waals surface area contributed by atoms with Crippen LogP contribution in [0.25, 0.3) is 11.0 Å². The van der Waals surface area contributed by atoms with Gasteiger partial charge in [0.1, 0.15) is 5.75 Å². The first kappa shape index (κ1) is 13.4. The van der Waals surface area contributed by atoms with E-state index in [0.717, 1.165) is 22.5 Å². The van der Waals surface area contributed by atoms with Gasteiger partial charge in [-0.1, -0.05) is 12.1 Å². The lowest BCUT2D eigenvalue weighted by molar-refractivity contribution is 0.338. The maximum atomic E-state index is 12.3. The molecule has 0 radical (unpaired) electrons. The Morgan fingerprint density at radius 2 is 1.90 bits per heavy atom. The number of pyridine rings is 1. The zero-order valence-corrected chi connectivity index (χ0v) is 12.1. The summed E-state index contributed by atoms with van der Waals surface area (Å²) in [6, 6.07) is 11.5. The van der Waals surface area contributed by atoms with Crippen LogP contribution in [0.2, 0.25) is 0 Å². The van der Waals surface area contributed by atoms with Crippen LogP contribution in [0.3, 0.4) is 0 Å². The van der Waals surface area contributed by atoms with Gasteiger partial charge in [-0.2, -0.15) is 0 Å². The Morgan fingerprint density at radius 3 is 2.57 bits per heavy atom. The SMILES string of the molecule is CCOc1ccc(Cn2c(=O)n(C)c3ccccc32)nc1. The van der Waals surface area contributed by atoms with Crippen LogP contribution in [0, 0.1) is 0 Å². The molecule has 0 aliphatic carbocycles. The molecule has 0 N–H and O–H groups in total. The molecule has 0 saturated heterocycles. The van der Waals surface area contributed by atoms with Crippen molar-refractivity contribution in [2.24, 2.45) is 7.05 Å². The quantitative estimate of drug-likeness (QED) is 0.737. The molecule has 1 aromatic carbocycles. The minimum absolute atomic E-state index is 0.0353. The molecule has 3 rings (SSSR count). The van der Waals surface area contributed by atoms with Crippen molar-refractivity contribution in [2.75, 3.05) is 6.61 Å². The molecule has 0 bridgehead atoms. The average Bonchev–Trinajstić information content (AvgIpc) is 2.75. The van der Waals surface area contributed by atoms with Crippen molar-refractivity contribution in [2.45, 2.75) is 13.5 Å². The Hall–Kier alpha value is -2.56. The van der Waals surface area contributed by atoms with Gasteiger partial charge in [0.25, 0.3) is 0 Å². The lowest BCUT2D eigenvalue weighted by atomic mass is 10.3. The second-order valence-corrected chi connectivity index (χ2v) is 4.83. The zero-order valence-electron chi connectivity index (χ0n) is 12.1. The van der Waals surface area contributed by atoms with E-state index in [0.29, 0.717) is 13.2 Å². The van der Waals surface area contributed by atoms with Crippen LogP contribution in [0.5, 0.6) is 5.75 Å². The highest BCUT2D eigenvalue weighted by Gasteiger charge is 2.10. The van der Waals surface area contributed by atoms with Gasteiger partial charge in [0.2, 0.25) is 0 Å². The Balaban J connectivity index is 1.98. The minimum atomic E-state index is -0.0353. The van der Waals surface area contributed by atoms with Gasteiger partial charge in [-0.05, 0) is 31.2 Å². The Labute approximate surface area is 122 Å². The van der Waals surface area contributed by atoms with E-state index in [-0.39, 0.29) is 5.69 Å². The van der Waals surface area contributed by atoms with Crippen molar-refractivity contribution < 1.29 is 4.74 Å². The van der Waals surface area contributed by atoms with E-state index in [2.05, 4.69) is 4.98 Å². The molecule has 0 atom stereocenters. The predicted molar refractivity (Wildman–Crippen MR) is 81.7 cm³/mol. The van der Waals surface area contributed by atoms with Crippen LogP contribution in [-0.4, -0.2) is 20.7 Å². The van der Waals surface area contributed by atoms with E-state index >= 15 is 0 Å². The number of rotatable bonds is 4. The first-order chi connectivity index (χ1) is 10.2. The second-order valence-electron chi connectivity index (χ2n) is 4.83. The van der Waals surface area contributed by atoms with Crippen LogP contribution in [0.1, 0.15) is 12.6 Å². The summed E-state index contributed by atoms with van der Waals surface area (Å²) in [5, 5.41) is 0. The van der Waals surface area contributed by atoms with E-state index in [1.165, 1.54) is 0 Å². The van der Waals surface area contributed by atoms with E-state index in [4.69, 9.17) is 4.74 Å². The number of aryl methyl sites for hydroxylation is 1. The monoisotopic (exact) mass is 283 g/mol. The molecular formula is C16H17N3O2. The van der Waals surface area contributed by atoms with Crippen molar-refractivity contribution in [3.05, 3.63) is 58.8 Å². The minimum Gasteiger partial charge on any atom is -0.492 e. The van der Waals surface area contributed by atoms with Gasteiger partial charge in [-0.15, -0.1) is 0 Å². The molecule has 108 valence electrons. The largest absolute Gasteiger partial charge is 0.492 e. The third kappa shape index (κ3) is 2.42. The van der Waals surface area contributed by atoms with Crippen LogP contribution < -0.4 is 10.4 Å². The fourth-order valence-corrected chi connectivity index (χ4v) is 2.43. The fourth-order valence-electron chi connectivity index (χ4n) is 2.43. The van der Waals surface area contributed by atoms with Crippen molar-refractivity contribution >= 4 is 11.0 Å². The summed E-state index contributed by atoms with van der Waals surface area (Å²) in [5.41, 5.74) is 2.64. The summed E-state index contributed by atoms with van der Waals surface area (Å²) in [5.74, 6) is 0.742. The van der Waals surface area contributed by atoms with Gasteiger partial charge in [-0.25, -0.2) is 4.79 Å². The molecule has 0 spiro atoms. The van der Waals surface area contributed by atoms with Gasteiger partial charge in [-0.3, -0.25) is 14.1 Å². The van der Waals surface area contributed by atoms with Crippen molar-refractivity contribution in [1.82, 2.24) is 14.1 Å². The molecule has 5 nitrogen and oxygen atoms in total. The standard InChI is InChI=1S/C16H17N3O2/c1-3-21-13-9-8-12(17-10-13)11-19-15-7-5-4-6-14(15)18(2)16(19)20/h4-10H,3,11H2,1-2H3. The highest BCUT2D eigenvalue weighted by Crippen LogP contribution is 2.14. The number of nitrogens with zero attached hydrogens (tertiary/aromatic N) is 3. The number of imidazole rings is 1. The number of ether oxygens (including phenoxy) is 1. The van der Waals surface area contributed by atoms with Gasteiger partial charge in [0.15, 0.2) is 0 Å². The van der Waals surface area contributed by atoms with Crippen LogP contribution in [0.4, 0.5) is 0 Å². The maximum Gasteiger partial charge on any atom is 0.329 e. The molecular weight excluding hydrogens is 266 g/mol. The van der Waals surface area contributed by atoms with E-state index in [9.17, 15) is 4.79 Å². The Morgan fingerprint density at radius 1 is 1.14 bits per heavy atom. The van der Waals surface area contributed by atoms with Crippen molar-refractivity contribution in [3.8, 4) is 5.75 Å². The van der Waals surface area contributed by atoms with Crippen molar-refractivity contribution in [1.29, 1.82) is 0 Å². The van der Waals surface area contributed by atoms with E-state index in [1.54, 1.807) is 22.4 Å². The third-order valence-electron chi connectivity index (χ3n) is 3.48. The predicted octanol–water partition coefficient (Wildman–Crippen LogP) is 2.18. The summed E-state index contributed by atoms with van der Waals surface area (Å²) < 4.78 is 8.76. The first-order valence-corrected chi connectivity index (χ1v) is 6.92. The topological polar surface area (TPSA) is 49.0 Å². The van der Waals surface area contributed by atoms with Gasteiger partial charge in [0, 0.05) is 7.05 Å². The van der Waals surface area contributed by atoms with Crippen LogP contribution in [0.15, 0.2) is 47.4 Å². The molecule has 21 heavy (non-hydrogen) atoms. The third-order valence-corrected chi connectivity index (χ3v) is 3.48. The number of fused-ring (bicyclic) bond motifs is 1. The summed E-state index contributed by atoms with van der Waals surface area (Å²) in [7, 11) is 1.78. The lowest BCUT2D eigenvalue weighted by Gasteiger charge is -2.05. The highest BCUT2D eigenvalue weighted by molar-refractivity contribution is 5.75. The molecule has 0 saturated carbocycles. The molecule has 0 aliphatic rings. The van der Waals surface area contributed by atoms with Crippen molar-refractivity contribution in [3.63, 3.8) is 0 Å². The van der Waals surface area contributed by atoms with Crippen LogP contribution in [-0.2, 0) is 13.6 Å². The zero-order chi connectivity index (χ0) is 14.8. The lowest BCUT2D eigenvalue weighted by Crippen LogP contribution is -2.23. The number of hydrogen-bond donors (Lipinski definition) is 0. The molecule has 0 fully saturated rings. The smallest absolute Gasteiger partial charge is 0.329 e. The summed E-state index contributed by atoms with van der Waals surface area (Å²) >= 11 is 0. The molecule has 2 aromatic heterocycles. The Kier molecular flexibility index (Phi) is 3.48. The normalized spacial score (nSPS) is 11.0. The summed E-state index contributed by atoms with van der Waals surface area (Å²) in [6.07, 6.45) is 1.69. The molecule has 0 amide bonds. The van der Waals surface area contributed by atoms with E-state index in [1.807, 2.05) is 43.3 Å². The van der Waals surface area contributed by atoms with Crippen LogP contribution >= 0.6 is 0 Å². The average molecular weight is 283 g/mol. The summed E-state index contributed by atoms with van der Waals surface area (Å²) in [4.78, 5) is 16.7. The number of para-hydroxylation sites is 2. The fraction of sp³-hybridized carbons (Fsp3) is 0.250.